The molecule has 2 N–H and O–H groups in total. The lowest BCUT2D eigenvalue weighted by Crippen LogP contribution is -2.41. The average molecular weight is 263 g/mol. The summed E-state index contributed by atoms with van der Waals surface area (Å²) in [7, 11) is 6.03. The van der Waals surface area contributed by atoms with Gasteiger partial charge in [0, 0.05) is 18.3 Å². The van der Waals surface area contributed by atoms with Crippen LogP contribution >= 0.6 is 0 Å². The van der Waals surface area contributed by atoms with Crippen molar-refractivity contribution in [3.8, 4) is 5.75 Å². The van der Waals surface area contributed by atoms with E-state index >= 15 is 0 Å². The maximum atomic E-state index is 6.05. The molecule has 1 aromatic carbocycles. The van der Waals surface area contributed by atoms with Crippen LogP contribution in [0.25, 0.3) is 0 Å². The number of anilines is 1. The second-order valence-corrected chi connectivity index (χ2v) is 5.54. The van der Waals surface area contributed by atoms with Crippen LogP contribution in [0, 0.1) is 0 Å². The Hall–Kier alpha value is -1.26. The highest BCUT2D eigenvalue weighted by Crippen LogP contribution is 2.23. The molecule has 1 aliphatic heterocycles. The lowest BCUT2D eigenvalue weighted by atomic mass is 10.0. The highest BCUT2D eigenvalue weighted by atomic mass is 16.5. The molecule has 1 fully saturated rings. The van der Waals surface area contributed by atoms with Gasteiger partial charge in [0.15, 0.2) is 0 Å². The van der Waals surface area contributed by atoms with Gasteiger partial charge < -0.3 is 15.4 Å². The van der Waals surface area contributed by atoms with Crippen molar-refractivity contribution in [2.24, 2.45) is 0 Å². The van der Waals surface area contributed by atoms with E-state index in [0.29, 0.717) is 0 Å². The molecule has 0 radical (unpaired) electrons. The summed E-state index contributed by atoms with van der Waals surface area (Å²) >= 11 is 0. The zero-order chi connectivity index (χ0) is 13.8. The van der Waals surface area contributed by atoms with Gasteiger partial charge in [-0.3, -0.25) is 4.90 Å². The fourth-order valence-corrected chi connectivity index (χ4v) is 2.68. The van der Waals surface area contributed by atoms with Crippen molar-refractivity contribution in [2.75, 3.05) is 40.0 Å². The number of methoxy groups -OCH3 is 1. The van der Waals surface area contributed by atoms with E-state index < -0.39 is 0 Å². The number of rotatable bonds is 4. The van der Waals surface area contributed by atoms with Gasteiger partial charge in [0.05, 0.1) is 7.11 Å². The quantitative estimate of drug-likeness (QED) is 0.841. The van der Waals surface area contributed by atoms with Gasteiger partial charge in [0.1, 0.15) is 5.75 Å². The maximum Gasteiger partial charge on any atom is 0.119 e. The summed E-state index contributed by atoms with van der Waals surface area (Å²) in [4.78, 5) is 4.81. The number of ether oxygens (including phenoxy) is 1. The molecule has 0 atom stereocenters. The Morgan fingerprint density at radius 1 is 1.32 bits per heavy atom. The van der Waals surface area contributed by atoms with E-state index in [1.54, 1.807) is 7.11 Å². The van der Waals surface area contributed by atoms with Crippen molar-refractivity contribution in [1.29, 1.82) is 0 Å². The molecule has 2 rings (SSSR count). The zero-order valence-corrected chi connectivity index (χ0v) is 12.2. The van der Waals surface area contributed by atoms with Crippen LogP contribution in [0.2, 0.25) is 0 Å². The summed E-state index contributed by atoms with van der Waals surface area (Å²) in [6.07, 6.45) is 2.47. The second kappa shape index (κ2) is 6.26. The van der Waals surface area contributed by atoms with Crippen LogP contribution in [0.4, 0.5) is 5.69 Å². The van der Waals surface area contributed by atoms with Gasteiger partial charge in [0.25, 0.3) is 0 Å². The molecule has 1 aromatic rings. The first-order chi connectivity index (χ1) is 9.10. The van der Waals surface area contributed by atoms with Gasteiger partial charge in [-0.1, -0.05) is 0 Å². The molecule has 1 saturated heterocycles. The molecule has 0 aliphatic carbocycles. The van der Waals surface area contributed by atoms with E-state index in [2.05, 4.69) is 23.9 Å². The summed E-state index contributed by atoms with van der Waals surface area (Å²) in [6, 6.07) is 6.62. The molecule has 4 nitrogen and oxygen atoms in total. The van der Waals surface area contributed by atoms with Crippen LogP contribution in [-0.4, -0.2) is 50.1 Å². The molecule has 0 amide bonds. The maximum absolute atomic E-state index is 6.05. The summed E-state index contributed by atoms with van der Waals surface area (Å²) in [5.74, 6) is 0.882. The first-order valence-electron chi connectivity index (χ1n) is 6.91. The summed E-state index contributed by atoms with van der Waals surface area (Å²) in [5, 5.41) is 0. The third kappa shape index (κ3) is 3.61. The molecular formula is C15H25N3O. The molecule has 0 spiro atoms. The summed E-state index contributed by atoms with van der Waals surface area (Å²) < 4.78 is 5.27. The molecule has 0 unspecified atom stereocenters. The van der Waals surface area contributed by atoms with Crippen molar-refractivity contribution < 1.29 is 4.74 Å². The van der Waals surface area contributed by atoms with E-state index in [0.717, 1.165) is 37.1 Å². The van der Waals surface area contributed by atoms with E-state index in [-0.39, 0.29) is 0 Å². The smallest absolute Gasteiger partial charge is 0.119 e. The van der Waals surface area contributed by atoms with Gasteiger partial charge in [-0.2, -0.15) is 0 Å². The van der Waals surface area contributed by atoms with Crippen molar-refractivity contribution in [3.63, 3.8) is 0 Å². The molecule has 4 heteroatoms. The molecule has 0 aromatic heterocycles. The minimum atomic E-state index is 0.721. The van der Waals surface area contributed by atoms with Crippen molar-refractivity contribution >= 4 is 5.69 Å². The Kier molecular flexibility index (Phi) is 4.66. The predicted molar refractivity (Wildman–Crippen MR) is 79.4 cm³/mol. The number of benzene rings is 1. The molecule has 1 heterocycles. The fourth-order valence-electron chi connectivity index (χ4n) is 2.68. The largest absolute Gasteiger partial charge is 0.497 e. The summed E-state index contributed by atoms with van der Waals surface area (Å²) in [6.45, 7) is 3.20. The molecule has 0 bridgehead atoms. The number of nitrogens with zero attached hydrogens (tertiary/aromatic N) is 2. The summed E-state index contributed by atoms with van der Waals surface area (Å²) in [5.41, 5.74) is 8.07. The molecular weight excluding hydrogens is 238 g/mol. The Labute approximate surface area is 116 Å². The van der Waals surface area contributed by atoms with Crippen molar-refractivity contribution in [1.82, 2.24) is 9.80 Å². The lowest BCUT2D eigenvalue weighted by molar-refractivity contribution is 0.140. The average Bonchev–Trinajstić information content (AvgIpc) is 2.42. The monoisotopic (exact) mass is 263 g/mol. The van der Waals surface area contributed by atoms with E-state index in [1.807, 2.05) is 18.2 Å². The molecule has 1 aliphatic rings. The van der Waals surface area contributed by atoms with Gasteiger partial charge in [-0.15, -0.1) is 0 Å². The van der Waals surface area contributed by atoms with Crippen LogP contribution in [0.1, 0.15) is 18.4 Å². The van der Waals surface area contributed by atoms with E-state index in [1.165, 1.54) is 18.4 Å². The first-order valence-corrected chi connectivity index (χ1v) is 6.91. The lowest BCUT2D eigenvalue weighted by Gasteiger charge is -2.35. The Balaban J connectivity index is 1.95. The predicted octanol–water partition coefficient (Wildman–Crippen LogP) is 1.80. The minimum Gasteiger partial charge on any atom is -0.497 e. The highest BCUT2D eigenvalue weighted by Gasteiger charge is 2.20. The van der Waals surface area contributed by atoms with E-state index in [9.17, 15) is 0 Å². The van der Waals surface area contributed by atoms with Gasteiger partial charge >= 0.3 is 0 Å². The highest BCUT2D eigenvalue weighted by molar-refractivity contribution is 5.50. The van der Waals surface area contributed by atoms with Crippen molar-refractivity contribution in [2.45, 2.75) is 25.4 Å². The number of nitrogen functional groups attached to an aromatic ring is 1. The third-order valence-corrected chi connectivity index (χ3v) is 4.03. The van der Waals surface area contributed by atoms with Gasteiger partial charge in [0.2, 0.25) is 0 Å². The number of piperidine rings is 1. The number of nitrogens with two attached hydrogens (primary N) is 1. The van der Waals surface area contributed by atoms with Crippen LogP contribution < -0.4 is 10.5 Å². The number of hydrogen-bond donors (Lipinski definition) is 1. The van der Waals surface area contributed by atoms with Crippen molar-refractivity contribution in [3.05, 3.63) is 23.8 Å². The fraction of sp³-hybridized carbons (Fsp3) is 0.600. The number of likely N-dealkylation sites (tertiary alicyclic amines) is 1. The number of hydrogen-bond acceptors (Lipinski definition) is 4. The zero-order valence-electron chi connectivity index (χ0n) is 12.2. The Morgan fingerprint density at radius 3 is 2.58 bits per heavy atom. The minimum absolute atomic E-state index is 0.721. The Bertz CT molecular complexity index is 412. The molecule has 0 saturated carbocycles. The molecule has 19 heavy (non-hydrogen) atoms. The van der Waals surface area contributed by atoms with E-state index in [4.69, 9.17) is 10.5 Å². The molecule has 106 valence electrons. The first kappa shape index (κ1) is 14.2. The van der Waals surface area contributed by atoms with Crippen LogP contribution in [0.5, 0.6) is 5.75 Å². The van der Waals surface area contributed by atoms with Gasteiger partial charge in [-0.25, -0.2) is 0 Å². The second-order valence-electron chi connectivity index (χ2n) is 5.54. The van der Waals surface area contributed by atoms with Crippen LogP contribution in [0.15, 0.2) is 18.2 Å². The Morgan fingerprint density at radius 2 is 2.00 bits per heavy atom. The van der Waals surface area contributed by atoms with Gasteiger partial charge in [-0.05, 0) is 63.8 Å². The van der Waals surface area contributed by atoms with Crippen LogP contribution in [0.3, 0.4) is 0 Å². The van der Waals surface area contributed by atoms with Crippen LogP contribution in [-0.2, 0) is 6.54 Å². The topological polar surface area (TPSA) is 41.7 Å². The normalized spacial score (nSPS) is 17.9. The SMILES string of the molecule is COc1ccc(N)c(CN2CCC(N(C)C)CC2)c1. The standard InChI is InChI=1S/C15H25N3O/c1-17(2)13-6-8-18(9-7-13)11-12-10-14(19-3)4-5-15(12)16/h4-5,10,13H,6-9,11,16H2,1-3H3. The third-order valence-electron chi connectivity index (χ3n) is 4.03.